The number of halogens is 4. The van der Waals surface area contributed by atoms with Crippen molar-refractivity contribution in [3.05, 3.63) is 86.7 Å². The van der Waals surface area contributed by atoms with Gasteiger partial charge in [-0.25, -0.2) is 13.8 Å². The Balaban J connectivity index is 1.42. The van der Waals surface area contributed by atoms with Crippen LogP contribution in [0.5, 0.6) is 5.75 Å². The number of nitrogens with zero attached hydrogens (tertiary/aromatic N) is 2. The normalized spacial score (nSPS) is 19.0. The van der Waals surface area contributed by atoms with E-state index in [4.69, 9.17) is 33.7 Å². The van der Waals surface area contributed by atoms with E-state index in [1.165, 1.54) is 12.1 Å². The molecule has 2 aromatic carbocycles. The van der Waals surface area contributed by atoms with E-state index in [-0.39, 0.29) is 52.9 Å². The van der Waals surface area contributed by atoms with Gasteiger partial charge in [0, 0.05) is 28.3 Å². The number of nitrogens with two attached hydrogens (primary N) is 1. The van der Waals surface area contributed by atoms with E-state index in [1.807, 2.05) is 13.0 Å². The predicted octanol–water partition coefficient (Wildman–Crippen LogP) is 5.35. The molecule has 2 aromatic heterocycles. The predicted molar refractivity (Wildman–Crippen MR) is 157 cm³/mol. The van der Waals surface area contributed by atoms with E-state index in [9.17, 15) is 19.1 Å². The molecule has 2 amide bonds. The number of aryl methyl sites for hydroxylation is 1. The zero-order valence-corrected chi connectivity index (χ0v) is 24.6. The number of pyridine rings is 2. The van der Waals surface area contributed by atoms with Crippen LogP contribution in [0.2, 0.25) is 10.0 Å². The van der Waals surface area contributed by atoms with Crippen LogP contribution in [0.15, 0.2) is 42.6 Å². The van der Waals surface area contributed by atoms with Gasteiger partial charge >= 0.3 is 0 Å². The number of carbonyl (C=O) groups excluding carboxylic acids is 2. The molecular formula is C31H26Cl2F2N4O4. The van der Waals surface area contributed by atoms with E-state index in [1.54, 1.807) is 19.2 Å². The molecule has 222 valence electrons. The maximum absolute atomic E-state index is 15.2. The highest BCUT2D eigenvalue weighted by Crippen LogP contribution is 2.50. The number of amides is 2. The van der Waals surface area contributed by atoms with Crippen LogP contribution >= 0.6 is 23.2 Å². The number of carbonyl (C=O) groups is 2. The first-order valence-electron chi connectivity index (χ1n) is 13.5. The van der Waals surface area contributed by atoms with Crippen molar-refractivity contribution in [3.8, 4) is 17.0 Å². The number of hydrogen-bond acceptors (Lipinski definition) is 6. The summed E-state index contributed by atoms with van der Waals surface area (Å²) in [5, 5.41) is 15.4. The Labute approximate surface area is 255 Å². The first-order valence-corrected chi connectivity index (χ1v) is 14.3. The van der Waals surface area contributed by atoms with Crippen LogP contribution in [-0.4, -0.2) is 40.0 Å². The van der Waals surface area contributed by atoms with E-state index in [2.05, 4.69) is 15.3 Å². The zero-order chi connectivity index (χ0) is 30.8. The van der Waals surface area contributed by atoms with Crippen molar-refractivity contribution < 1.29 is 28.2 Å². The van der Waals surface area contributed by atoms with Crippen LogP contribution < -0.4 is 15.8 Å². The summed E-state index contributed by atoms with van der Waals surface area (Å²) in [6.07, 6.45) is 2.93. The summed E-state index contributed by atoms with van der Waals surface area (Å²) in [7, 11) is 0. The second kappa shape index (κ2) is 10.4. The van der Waals surface area contributed by atoms with Crippen molar-refractivity contribution in [2.75, 3.05) is 13.2 Å². The molecule has 43 heavy (non-hydrogen) atoms. The van der Waals surface area contributed by atoms with Crippen LogP contribution in [-0.2, 0) is 15.8 Å². The molecule has 2 atom stereocenters. The summed E-state index contributed by atoms with van der Waals surface area (Å²) in [5.41, 5.74) is 4.29. The molecule has 0 bridgehead atoms. The fraction of sp³-hybridized carbons (Fsp3) is 0.290. The fourth-order valence-corrected chi connectivity index (χ4v) is 5.89. The van der Waals surface area contributed by atoms with Crippen molar-refractivity contribution in [1.82, 2.24) is 15.3 Å². The molecule has 6 rings (SSSR count). The number of aliphatic hydroxyl groups is 1. The smallest absolute Gasteiger partial charge is 0.251 e. The van der Waals surface area contributed by atoms with Gasteiger partial charge in [0.1, 0.15) is 40.7 Å². The SMILES string of the molecule is Cc1cnc2c(Cl)cc(C(=O)NC[C@](O)(c3cc4c(c(-c5cc(F)c(Cl)cc5F)n3)OC[C@]4(C)C(N)=O)C3CC3)cc2c1. The number of benzene rings is 2. The quantitative estimate of drug-likeness (QED) is 0.237. The molecule has 1 saturated carbocycles. The Kier molecular flexibility index (Phi) is 7.06. The molecule has 0 saturated heterocycles. The minimum atomic E-state index is -1.74. The van der Waals surface area contributed by atoms with E-state index < -0.39 is 39.5 Å². The lowest BCUT2D eigenvalue weighted by atomic mass is 9.81. The summed E-state index contributed by atoms with van der Waals surface area (Å²) in [5.74, 6) is -3.25. The summed E-state index contributed by atoms with van der Waals surface area (Å²) in [6.45, 7) is 3.00. The first-order chi connectivity index (χ1) is 20.3. The van der Waals surface area contributed by atoms with Crippen molar-refractivity contribution in [3.63, 3.8) is 0 Å². The second-order valence-electron chi connectivity index (χ2n) is 11.4. The van der Waals surface area contributed by atoms with Gasteiger partial charge in [-0.2, -0.15) is 0 Å². The van der Waals surface area contributed by atoms with Gasteiger partial charge < -0.3 is 20.9 Å². The lowest BCUT2D eigenvalue weighted by Crippen LogP contribution is -2.44. The highest BCUT2D eigenvalue weighted by Gasteiger charge is 2.50. The Morgan fingerprint density at radius 2 is 1.88 bits per heavy atom. The average molecular weight is 627 g/mol. The van der Waals surface area contributed by atoms with Gasteiger partial charge in [0.15, 0.2) is 0 Å². The number of fused-ring (bicyclic) bond motifs is 2. The minimum Gasteiger partial charge on any atom is -0.489 e. The Morgan fingerprint density at radius 3 is 2.58 bits per heavy atom. The Bertz CT molecular complexity index is 1850. The molecule has 1 aliphatic carbocycles. The molecule has 3 heterocycles. The molecule has 12 heteroatoms. The van der Waals surface area contributed by atoms with Gasteiger partial charge in [-0.3, -0.25) is 14.6 Å². The van der Waals surface area contributed by atoms with Crippen LogP contribution in [0.1, 0.15) is 46.9 Å². The molecule has 2 aliphatic rings. The summed E-state index contributed by atoms with van der Waals surface area (Å²) in [4.78, 5) is 34.8. The molecule has 0 radical (unpaired) electrons. The Hall–Kier alpha value is -3.86. The van der Waals surface area contributed by atoms with Crippen LogP contribution in [0.25, 0.3) is 22.2 Å². The van der Waals surface area contributed by atoms with Gasteiger partial charge in [0.25, 0.3) is 5.91 Å². The molecule has 1 fully saturated rings. The number of aromatic nitrogens is 2. The van der Waals surface area contributed by atoms with Crippen molar-refractivity contribution >= 4 is 45.9 Å². The summed E-state index contributed by atoms with van der Waals surface area (Å²) < 4.78 is 35.5. The van der Waals surface area contributed by atoms with E-state index >= 15 is 4.39 Å². The maximum atomic E-state index is 15.2. The number of primary amides is 1. The molecule has 1 aliphatic heterocycles. The third-order valence-electron chi connectivity index (χ3n) is 8.23. The number of rotatable bonds is 7. The topological polar surface area (TPSA) is 127 Å². The van der Waals surface area contributed by atoms with Crippen molar-refractivity contribution in [1.29, 1.82) is 0 Å². The van der Waals surface area contributed by atoms with Gasteiger partial charge in [0.05, 0.1) is 27.8 Å². The molecule has 4 aromatic rings. The fourth-order valence-electron chi connectivity index (χ4n) is 5.46. The Morgan fingerprint density at radius 1 is 1.14 bits per heavy atom. The first kappa shape index (κ1) is 29.2. The highest BCUT2D eigenvalue weighted by molar-refractivity contribution is 6.35. The molecule has 8 nitrogen and oxygen atoms in total. The number of ether oxygens (including phenoxy) is 1. The lowest BCUT2D eigenvalue weighted by molar-refractivity contribution is -0.123. The van der Waals surface area contributed by atoms with E-state index in [0.29, 0.717) is 28.8 Å². The molecule has 0 spiro atoms. The second-order valence-corrected chi connectivity index (χ2v) is 12.2. The molecule has 0 unspecified atom stereocenters. The minimum absolute atomic E-state index is 0.0440. The summed E-state index contributed by atoms with van der Waals surface area (Å²) in [6, 6.07) is 8.20. The molecular weight excluding hydrogens is 601 g/mol. The van der Waals surface area contributed by atoms with Gasteiger partial charge in [-0.15, -0.1) is 0 Å². The van der Waals surface area contributed by atoms with Crippen molar-refractivity contribution in [2.45, 2.75) is 37.7 Å². The third-order valence-corrected chi connectivity index (χ3v) is 8.81. The van der Waals surface area contributed by atoms with Crippen LogP contribution in [0.3, 0.4) is 0 Å². The zero-order valence-electron chi connectivity index (χ0n) is 23.1. The highest BCUT2D eigenvalue weighted by atomic mass is 35.5. The monoisotopic (exact) mass is 626 g/mol. The van der Waals surface area contributed by atoms with Crippen molar-refractivity contribution in [2.24, 2.45) is 11.7 Å². The maximum Gasteiger partial charge on any atom is 0.251 e. The van der Waals surface area contributed by atoms with Crippen LogP contribution in [0.4, 0.5) is 8.78 Å². The summed E-state index contributed by atoms with van der Waals surface area (Å²) >= 11 is 12.2. The van der Waals surface area contributed by atoms with Crippen LogP contribution in [0, 0.1) is 24.5 Å². The standard InChI is InChI=1S/C31H26Cl2F2N4O4/c1-14-5-15-6-16(7-21(33)25(15)37-11-14)28(40)38-12-31(42,17-3-4-17)24-9-19-27(43-13-30(19,2)29(36)41)26(39-24)18-8-23(35)20(32)10-22(18)34/h5-11,17,42H,3-4,12-13H2,1-2H3,(H2,36,41)(H,38,40)/t30-,31+/m0/s1. The molecule has 4 N–H and O–H groups in total. The lowest BCUT2D eigenvalue weighted by Gasteiger charge is -2.30. The number of hydrogen-bond donors (Lipinski definition) is 3. The van der Waals surface area contributed by atoms with E-state index in [0.717, 1.165) is 17.7 Å². The third kappa shape index (κ3) is 4.97. The average Bonchev–Trinajstić information content (AvgIpc) is 3.76. The van der Waals surface area contributed by atoms with Gasteiger partial charge in [0.2, 0.25) is 5.91 Å². The van der Waals surface area contributed by atoms with Gasteiger partial charge in [-0.1, -0.05) is 23.2 Å². The number of nitrogens with one attached hydrogen (secondary N) is 1. The van der Waals surface area contributed by atoms with Gasteiger partial charge in [-0.05, 0) is 74.6 Å². The largest absolute Gasteiger partial charge is 0.489 e.